The van der Waals surface area contributed by atoms with Crippen molar-refractivity contribution in [1.82, 2.24) is 14.8 Å². The summed E-state index contributed by atoms with van der Waals surface area (Å²) in [6, 6.07) is 0. The SMILES string of the molecule is CC.Cc1nncc(=O)n1C. The average molecular weight is 155 g/mol. The summed E-state index contributed by atoms with van der Waals surface area (Å²) in [5.41, 5.74) is -0.123. The Labute approximate surface area is 65.9 Å². The van der Waals surface area contributed by atoms with Crippen molar-refractivity contribution < 1.29 is 0 Å². The van der Waals surface area contributed by atoms with Crippen LogP contribution in [0.3, 0.4) is 0 Å². The summed E-state index contributed by atoms with van der Waals surface area (Å²) in [6.07, 6.45) is 1.19. The maximum absolute atomic E-state index is 10.7. The molecule has 0 fully saturated rings. The van der Waals surface area contributed by atoms with Crippen LogP contribution in [0.4, 0.5) is 0 Å². The molecule has 1 rings (SSSR count). The van der Waals surface area contributed by atoms with Crippen molar-refractivity contribution in [3.63, 3.8) is 0 Å². The monoisotopic (exact) mass is 155 g/mol. The lowest BCUT2D eigenvalue weighted by molar-refractivity contribution is 0.727. The third kappa shape index (κ3) is 2.49. The molecule has 0 unspecified atom stereocenters. The minimum atomic E-state index is -0.123. The molecule has 0 aromatic carbocycles. The molecule has 1 aromatic rings. The fraction of sp³-hybridized carbons (Fsp3) is 0.571. The maximum atomic E-state index is 10.7. The molecule has 1 aromatic heterocycles. The topological polar surface area (TPSA) is 47.8 Å². The normalized spacial score (nSPS) is 8.36. The van der Waals surface area contributed by atoms with Gasteiger partial charge in [0.15, 0.2) is 0 Å². The predicted molar refractivity (Wildman–Crippen MR) is 43.4 cm³/mol. The van der Waals surface area contributed by atoms with Crippen LogP contribution in [0, 0.1) is 6.92 Å². The van der Waals surface area contributed by atoms with Crippen LogP contribution in [-0.2, 0) is 7.05 Å². The Morgan fingerprint density at radius 2 is 2.00 bits per heavy atom. The van der Waals surface area contributed by atoms with Gasteiger partial charge in [-0.1, -0.05) is 13.8 Å². The lowest BCUT2D eigenvalue weighted by Gasteiger charge is -1.95. The first-order valence-electron chi connectivity index (χ1n) is 3.57. The molecule has 0 aliphatic heterocycles. The highest BCUT2D eigenvalue weighted by atomic mass is 16.1. The number of rotatable bonds is 0. The molecule has 11 heavy (non-hydrogen) atoms. The number of hydrogen-bond acceptors (Lipinski definition) is 3. The Morgan fingerprint density at radius 3 is 2.36 bits per heavy atom. The molecule has 0 spiro atoms. The molecule has 62 valence electrons. The molecule has 0 amide bonds. The second-order valence-electron chi connectivity index (χ2n) is 1.79. The van der Waals surface area contributed by atoms with Crippen LogP contribution < -0.4 is 5.56 Å². The molecule has 0 aliphatic carbocycles. The van der Waals surface area contributed by atoms with E-state index < -0.39 is 0 Å². The van der Waals surface area contributed by atoms with Crippen LogP contribution >= 0.6 is 0 Å². The smallest absolute Gasteiger partial charge is 0.272 e. The average Bonchev–Trinajstić information content (AvgIpc) is 2.04. The Kier molecular flexibility index (Phi) is 4.10. The van der Waals surface area contributed by atoms with E-state index in [4.69, 9.17) is 0 Å². The molecule has 0 saturated heterocycles. The number of nitrogens with zero attached hydrogens (tertiary/aromatic N) is 3. The van der Waals surface area contributed by atoms with Crippen LogP contribution in [0.1, 0.15) is 19.7 Å². The van der Waals surface area contributed by atoms with E-state index in [0.717, 1.165) is 0 Å². The first-order valence-corrected chi connectivity index (χ1v) is 3.57. The number of aromatic nitrogens is 3. The minimum absolute atomic E-state index is 0.123. The third-order valence-electron chi connectivity index (χ3n) is 1.19. The van der Waals surface area contributed by atoms with E-state index in [1.54, 1.807) is 14.0 Å². The van der Waals surface area contributed by atoms with Crippen LogP contribution in [-0.4, -0.2) is 14.8 Å². The van der Waals surface area contributed by atoms with Gasteiger partial charge in [-0.2, -0.15) is 5.10 Å². The molecule has 0 radical (unpaired) electrons. The van der Waals surface area contributed by atoms with Gasteiger partial charge in [-0.05, 0) is 6.92 Å². The fourth-order valence-electron chi connectivity index (χ4n) is 0.475. The van der Waals surface area contributed by atoms with Crippen LogP contribution in [0.25, 0.3) is 0 Å². The van der Waals surface area contributed by atoms with Gasteiger partial charge in [0.05, 0.1) is 0 Å². The first-order chi connectivity index (χ1) is 5.22. The van der Waals surface area contributed by atoms with Gasteiger partial charge in [-0.25, -0.2) is 0 Å². The summed E-state index contributed by atoms with van der Waals surface area (Å²) in [5, 5.41) is 7.11. The first kappa shape index (κ1) is 9.81. The number of aryl methyl sites for hydroxylation is 1. The van der Waals surface area contributed by atoms with E-state index in [1.807, 2.05) is 13.8 Å². The van der Waals surface area contributed by atoms with E-state index in [-0.39, 0.29) is 5.56 Å². The molecule has 4 nitrogen and oxygen atoms in total. The van der Waals surface area contributed by atoms with Crippen molar-refractivity contribution in [2.75, 3.05) is 0 Å². The number of hydrogen-bond donors (Lipinski definition) is 0. The van der Waals surface area contributed by atoms with Gasteiger partial charge in [-0.3, -0.25) is 9.36 Å². The Hall–Kier alpha value is -1.19. The highest BCUT2D eigenvalue weighted by Gasteiger charge is 1.91. The van der Waals surface area contributed by atoms with Gasteiger partial charge < -0.3 is 0 Å². The van der Waals surface area contributed by atoms with Gasteiger partial charge in [0.25, 0.3) is 5.56 Å². The van der Waals surface area contributed by atoms with E-state index >= 15 is 0 Å². The lowest BCUT2D eigenvalue weighted by Crippen LogP contribution is -2.19. The zero-order valence-corrected chi connectivity index (χ0v) is 7.33. The molecule has 0 bridgehead atoms. The summed E-state index contributed by atoms with van der Waals surface area (Å²) in [5.74, 6) is 0.627. The van der Waals surface area contributed by atoms with Crippen molar-refractivity contribution in [1.29, 1.82) is 0 Å². The maximum Gasteiger partial charge on any atom is 0.272 e. The van der Waals surface area contributed by atoms with Crippen molar-refractivity contribution >= 4 is 0 Å². The molecule has 0 atom stereocenters. The van der Waals surface area contributed by atoms with Gasteiger partial charge in [0, 0.05) is 7.05 Å². The summed E-state index contributed by atoms with van der Waals surface area (Å²) >= 11 is 0. The largest absolute Gasteiger partial charge is 0.297 e. The Morgan fingerprint density at radius 1 is 1.45 bits per heavy atom. The van der Waals surface area contributed by atoms with Crippen molar-refractivity contribution in [2.24, 2.45) is 7.05 Å². The van der Waals surface area contributed by atoms with Crippen LogP contribution in [0.5, 0.6) is 0 Å². The van der Waals surface area contributed by atoms with Crippen molar-refractivity contribution in [3.8, 4) is 0 Å². The van der Waals surface area contributed by atoms with Gasteiger partial charge in [0.2, 0.25) is 0 Å². The standard InChI is InChI=1S/C5H7N3O.C2H6/c1-4-7-6-3-5(9)8(4)2;1-2/h3H,1-2H3;1-2H3. The Bertz CT molecular complexity index is 267. The van der Waals surface area contributed by atoms with Crippen LogP contribution in [0.15, 0.2) is 11.0 Å². The van der Waals surface area contributed by atoms with Gasteiger partial charge >= 0.3 is 0 Å². The van der Waals surface area contributed by atoms with Gasteiger partial charge in [0.1, 0.15) is 12.0 Å². The molecular weight excluding hydrogens is 142 g/mol. The predicted octanol–water partition coefficient (Wildman–Crippen LogP) is 0.510. The molecule has 0 saturated carbocycles. The molecular formula is C7H13N3O. The minimum Gasteiger partial charge on any atom is -0.297 e. The van der Waals surface area contributed by atoms with E-state index in [1.165, 1.54) is 10.8 Å². The summed E-state index contributed by atoms with van der Waals surface area (Å²) in [7, 11) is 1.66. The molecule has 1 heterocycles. The highest BCUT2D eigenvalue weighted by molar-refractivity contribution is 4.81. The quantitative estimate of drug-likeness (QED) is 0.548. The zero-order chi connectivity index (χ0) is 8.85. The highest BCUT2D eigenvalue weighted by Crippen LogP contribution is 1.77. The lowest BCUT2D eigenvalue weighted by atomic mass is 10.6. The van der Waals surface area contributed by atoms with Crippen LogP contribution in [0.2, 0.25) is 0 Å². The molecule has 0 aliphatic rings. The van der Waals surface area contributed by atoms with Crippen molar-refractivity contribution in [2.45, 2.75) is 20.8 Å². The van der Waals surface area contributed by atoms with E-state index in [2.05, 4.69) is 10.2 Å². The Balaban J connectivity index is 0.000000461. The summed E-state index contributed by atoms with van der Waals surface area (Å²) in [6.45, 7) is 5.73. The summed E-state index contributed by atoms with van der Waals surface area (Å²) < 4.78 is 1.44. The van der Waals surface area contributed by atoms with E-state index in [0.29, 0.717) is 5.82 Å². The molecule has 0 N–H and O–H groups in total. The third-order valence-corrected chi connectivity index (χ3v) is 1.19. The second-order valence-corrected chi connectivity index (χ2v) is 1.79. The fourth-order valence-corrected chi connectivity index (χ4v) is 0.475. The van der Waals surface area contributed by atoms with Gasteiger partial charge in [-0.15, -0.1) is 5.10 Å². The van der Waals surface area contributed by atoms with Crippen molar-refractivity contribution in [3.05, 3.63) is 22.4 Å². The van der Waals surface area contributed by atoms with E-state index in [9.17, 15) is 4.79 Å². The molecule has 4 heteroatoms. The zero-order valence-electron chi connectivity index (χ0n) is 7.33. The summed E-state index contributed by atoms with van der Waals surface area (Å²) in [4.78, 5) is 10.7. The second kappa shape index (κ2) is 4.60.